The summed E-state index contributed by atoms with van der Waals surface area (Å²) >= 11 is 0. The molecule has 0 bridgehead atoms. The molecule has 4 heteroatoms. The molecule has 1 unspecified atom stereocenters. The van der Waals surface area contributed by atoms with Crippen LogP contribution in [0.4, 0.5) is 4.79 Å². The van der Waals surface area contributed by atoms with E-state index in [1.807, 2.05) is 27.7 Å². The third kappa shape index (κ3) is 6.60. The van der Waals surface area contributed by atoms with Crippen LogP contribution < -0.4 is 11.1 Å². The summed E-state index contributed by atoms with van der Waals surface area (Å²) < 4.78 is 5.34. The third-order valence-electron chi connectivity index (χ3n) is 3.97. The van der Waals surface area contributed by atoms with Crippen LogP contribution in [0, 0.1) is 5.92 Å². The highest BCUT2D eigenvalue weighted by Crippen LogP contribution is 2.29. The topological polar surface area (TPSA) is 64.3 Å². The maximum Gasteiger partial charge on any atom is 0.408 e. The van der Waals surface area contributed by atoms with Crippen molar-refractivity contribution in [2.75, 3.05) is 6.54 Å². The Kier molecular flexibility index (Phi) is 6.31. The molecule has 3 N–H and O–H groups in total. The number of alkyl carbamates (subject to hydrolysis) is 1. The Morgan fingerprint density at radius 3 is 2.15 bits per heavy atom. The summed E-state index contributed by atoms with van der Waals surface area (Å²) in [5.74, 6) is 0.668. The highest BCUT2D eigenvalue weighted by molar-refractivity contribution is 5.68. The number of hydrogen-bond donors (Lipinski definition) is 2. The average molecular weight is 284 g/mol. The van der Waals surface area contributed by atoms with Crippen molar-refractivity contribution in [3.05, 3.63) is 0 Å². The molecular weight excluding hydrogens is 252 g/mol. The lowest BCUT2D eigenvalue weighted by molar-refractivity contribution is 0.0451. The van der Waals surface area contributed by atoms with Crippen molar-refractivity contribution in [3.63, 3.8) is 0 Å². The van der Waals surface area contributed by atoms with Gasteiger partial charge in [0.25, 0.3) is 0 Å². The molecule has 1 saturated carbocycles. The second-order valence-corrected chi connectivity index (χ2v) is 7.45. The van der Waals surface area contributed by atoms with Crippen LogP contribution >= 0.6 is 0 Å². The smallest absolute Gasteiger partial charge is 0.408 e. The molecule has 1 aliphatic carbocycles. The van der Waals surface area contributed by atoms with Crippen molar-refractivity contribution >= 4 is 6.09 Å². The normalized spacial score (nSPS) is 20.9. The highest BCUT2D eigenvalue weighted by Gasteiger charge is 2.30. The van der Waals surface area contributed by atoms with Crippen molar-refractivity contribution in [3.8, 4) is 0 Å². The Bertz CT molecular complexity index is 304. The molecule has 118 valence electrons. The van der Waals surface area contributed by atoms with Gasteiger partial charge in [0, 0.05) is 6.54 Å². The van der Waals surface area contributed by atoms with Crippen molar-refractivity contribution in [1.82, 2.24) is 5.32 Å². The van der Waals surface area contributed by atoms with Crippen LogP contribution in [0.5, 0.6) is 0 Å². The van der Waals surface area contributed by atoms with Gasteiger partial charge < -0.3 is 15.8 Å². The summed E-state index contributed by atoms with van der Waals surface area (Å²) in [6, 6.07) is 0. The minimum atomic E-state index is -0.470. The van der Waals surface area contributed by atoms with Gasteiger partial charge in [0.15, 0.2) is 0 Å². The lowest BCUT2D eigenvalue weighted by Gasteiger charge is -2.34. The van der Waals surface area contributed by atoms with E-state index in [0.717, 1.165) is 6.42 Å². The Hall–Kier alpha value is -0.770. The summed E-state index contributed by atoms with van der Waals surface area (Å²) in [7, 11) is 0. The predicted molar refractivity (Wildman–Crippen MR) is 82.6 cm³/mol. The zero-order chi connectivity index (χ0) is 15.2. The Morgan fingerprint density at radius 2 is 1.70 bits per heavy atom. The maximum absolute atomic E-state index is 12.0. The molecule has 0 spiro atoms. The number of carbonyl (C=O) groups excluding carboxylic acids is 1. The molecule has 0 aromatic rings. The quantitative estimate of drug-likeness (QED) is 0.775. The van der Waals surface area contributed by atoms with Gasteiger partial charge in [-0.25, -0.2) is 4.79 Å². The van der Waals surface area contributed by atoms with E-state index in [9.17, 15) is 4.79 Å². The van der Waals surface area contributed by atoms with Gasteiger partial charge in [0.05, 0.1) is 5.54 Å². The van der Waals surface area contributed by atoms with Gasteiger partial charge in [0.1, 0.15) is 5.60 Å². The largest absolute Gasteiger partial charge is 0.444 e. The van der Waals surface area contributed by atoms with Crippen molar-refractivity contribution < 1.29 is 9.53 Å². The molecule has 0 radical (unpaired) electrons. The molecule has 0 saturated heterocycles. The van der Waals surface area contributed by atoms with Gasteiger partial charge in [-0.1, -0.05) is 38.5 Å². The standard InChI is InChI=1S/C16H32N2O2/c1-15(2,3)20-14(19)18-16(4,12-17)11-13-9-7-5-6-8-10-13/h13H,5-12,17H2,1-4H3,(H,18,19). The minimum absolute atomic E-state index is 0.362. The zero-order valence-electron chi connectivity index (χ0n) is 13.6. The maximum atomic E-state index is 12.0. The first-order chi connectivity index (χ1) is 9.24. The molecule has 1 fully saturated rings. The Labute approximate surface area is 123 Å². The van der Waals surface area contributed by atoms with Gasteiger partial charge in [0.2, 0.25) is 0 Å². The monoisotopic (exact) mass is 284 g/mol. The summed E-state index contributed by atoms with van der Waals surface area (Å²) in [6.07, 6.45) is 8.39. The summed E-state index contributed by atoms with van der Waals surface area (Å²) in [4.78, 5) is 12.0. The van der Waals surface area contributed by atoms with Crippen LogP contribution in [-0.4, -0.2) is 23.8 Å². The first-order valence-electron chi connectivity index (χ1n) is 7.95. The van der Waals surface area contributed by atoms with E-state index >= 15 is 0 Å². The van der Waals surface area contributed by atoms with Crippen molar-refractivity contribution in [2.45, 2.75) is 83.8 Å². The fourth-order valence-corrected chi connectivity index (χ4v) is 2.94. The first kappa shape index (κ1) is 17.3. The average Bonchev–Trinajstić information content (AvgIpc) is 2.54. The van der Waals surface area contributed by atoms with Crippen molar-refractivity contribution in [2.24, 2.45) is 11.7 Å². The van der Waals surface area contributed by atoms with E-state index in [-0.39, 0.29) is 11.6 Å². The van der Waals surface area contributed by atoms with E-state index in [2.05, 4.69) is 5.32 Å². The van der Waals surface area contributed by atoms with Crippen molar-refractivity contribution in [1.29, 1.82) is 0 Å². The molecule has 0 aromatic heterocycles. The van der Waals surface area contributed by atoms with Crippen LogP contribution in [-0.2, 0) is 4.74 Å². The fourth-order valence-electron chi connectivity index (χ4n) is 2.94. The summed E-state index contributed by atoms with van der Waals surface area (Å²) in [6.45, 7) is 8.09. The Balaban J connectivity index is 2.54. The molecule has 4 nitrogen and oxygen atoms in total. The number of nitrogens with one attached hydrogen (secondary N) is 1. The lowest BCUT2D eigenvalue weighted by Crippen LogP contribution is -2.53. The number of carbonyl (C=O) groups is 1. The first-order valence-corrected chi connectivity index (χ1v) is 7.95. The van der Waals surface area contributed by atoms with Crippen LogP contribution in [0.1, 0.15) is 72.6 Å². The van der Waals surface area contributed by atoms with Gasteiger partial charge in [-0.2, -0.15) is 0 Å². The number of hydrogen-bond acceptors (Lipinski definition) is 3. The van der Waals surface area contributed by atoms with Crippen LogP contribution in [0.2, 0.25) is 0 Å². The number of ether oxygens (including phenoxy) is 1. The van der Waals surface area contributed by atoms with Crippen LogP contribution in [0.25, 0.3) is 0 Å². The zero-order valence-corrected chi connectivity index (χ0v) is 13.6. The highest BCUT2D eigenvalue weighted by atomic mass is 16.6. The van der Waals surface area contributed by atoms with Gasteiger partial charge in [-0.05, 0) is 40.0 Å². The van der Waals surface area contributed by atoms with Crippen LogP contribution in [0.3, 0.4) is 0 Å². The van der Waals surface area contributed by atoms with E-state index < -0.39 is 5.60 Å². The minimum Gasteiger partial charge on any atom is -0.444 e. The summed E-state index contributed by atoms with van der Waals surface area (Å²) in [5, 5.41) is 2.98. The fraction of sp³-hybridized carbons (Fsp3) is 0.938. The second kappa shape index (κ2) is 7.30. The molecule has 0 aliphatic heterocycles. The lowest BCUT2D eigenvalue weighted by atomic mass is 9.85. The SMILES string of the molecule is CC(CN)(CC1CCCCCC1)NC(=O)OC(C)(C)C. The molecular formula is C16H32N2O2. The van der Waals surface area contributed by atoms with Crippen LogP contribution in [0.15, 0.2) is 0 Å². The number of rotatable bonds is 4. The number of amides is 1. The molecule has 1 atom stereocenters. The van der Waals surface area contributed by atoms with E-state index in [1.165, 1.54) is 38.5 Å². The molecule has 1 aliphatic rings. The molecule has 1 amide bonds. The Morgan fingerprint density at radius 1 is 1.15 bits per heavy atom. The second-order valence-electron chi connectivity index (χ2n) is 7.45. The number of nitrogens with two attached hydrogens (primary N) is 1. The molecule has 0 aromatic carbocycles. The van der Waals surface area contributed by atoms with Gasteiger partial charge in [-0.15, -0.1) is 0 Å². The van der Waals surface area contributed by atoms with Gasteiger partial charge in [-0.3, -0.25) is 0 Å². The van der Waals surface area contributed by atoms with Gasteiger partial charge >= 0.3 is 6.09 Å². The molecule has 0 heterocycles. The van der Waals surface area contributed by atoms with E-state index in [1.54, 1.807) is 0 Å². The molecule has 20 heavy (non-hydrogen) atoms. The van der Waals surface area contributed by atoms with E-state index in [0.29, 0.717) is 12.5 Å². The third-order valence-corrected chi connectivity index (χ3v) is 3.97. The predicted octanol–water partition coefficient (Wildman–Crippen LogP) is 3.59. The van der Waals surface area contributed by atoms with E-state index in [4.69, 9.17) is 10.5 Å². The molecule has 1 rings (SSSR count). The summed E-state index contributed by atoms with van der Waals surface area (Å²) in [5.41, 5.74) is 5.07.